The summed E-state index contributed by atoms with van der Waals surface area (Å²) in [5.41, 5.74) is 13.6. The molecule has 0 amide bonds. The van der Waals surface area contributed by atoms with Crippen molar-refractivity contribution in [2.45, 2.75) is 51.5 Å². The van der Waals surface area contributed by atoms with E-state index in [9.17, 15) is 0 Å². The van der Waals surface area contributed by atoms with Gasteiger partial charge in [-0.15, -0.1) is 34.0 Å². The van der Waals surface area contributed by atoms with Gasteiger partial charge in [-0.1, -0.05) is 172 Å². The maximum atomic E-state index is 6.45. The van der Waals surface area contributed by atoms with Crippen LogP contribution in [0.2, 0.25) is 0 Å². The number of rotatable bonds is 5. The van der Waals surface area contributed by atoms with Crippen molar-refractivity contribution in [3.05, 3.63) is 234 Å². The second kappa shape index (κ2) is 17.2. The Bertz CT molecular complexity index is 4460. The minimum atomic E-state index is -0.137. The Morgan fingerprint density at radius 1 is 0.479 bits per heavy atom. The van der Waals surface area contributed by atoms with E-state index in [4.69, 9.17) is 4.99 Å². The van der Waals surface area contributed by atoms with E-state index in [0.29, 0.717) is 0 Å². The molecule has 10 aromatic carbocycles. The zero-order chi connectivity index (χ0) is 48.3. The average molecular weight is 990 g/mol. The number of aliphatic imine (C=N–C) groups is 1. The molecule has 0 fully saturated rings. The second-order valence-corrected chi connectivity index (χ2v) is 23.8. The molecular formula is C69H51NS3. The number of allylic oxidation sites excluding steroid dienone is 1. The topological polar surface area (TPSA) is 12.4 Å². The first-order chi connectivity index (χ1) is 36.1. The Balaban J connectivity index is 0.998. The molecule has 73 heavy (non-hydrogen) atoms. The maximum absolute atomic E-state index is 6.45. The van der Waals surface area contributed by atoms with E-state index in [2.05, 4.69) is 214 Å². The highest BCUT2D eigenvalue weighted by atomic mass is 32.1. The highest BCUT2D eigenvalue weighted by Crippen LogP contribution is 2.51. The summed E-state index contributed by atoms with van der Waals surface area (Å²) < 4.78 is 8.07. The van der Waals surface area contributed by atoms with Crippen LogP contribution in [0.25, 0.3) is 98.8 Å². The van der Waals surface area contributed by atoms with Crippen LogP contribution in [0, 0.1) is 11.8 Å². The quantitative estimate of drug-likeness (QED) is 0.163. The number of benzene rings is 10. The van der Waals surface area contributed by atoms with Crippen molar-refractivity contribution in [3.8, 4) is 11.1 Å². The number of nitrogens with zero attached hydrogens (tertiary/aromatic N) is 1. The number of fused-ring (bicyclic) bond motifs is 15. The van der Waals surface area contributed by atoms with Gasteiger partial charge >= 0.3 is 0 Å². The molecule has 0 saturated heterocycles. The van der Waals surface area contributed by atoms with E-state index < -0.39 is 0 Å². The summed E-state index contributed by atoms with van der Waals surface area (Å²) in [7, 11) is 0. The minimum Gasteiger partial charge on any atom is -0.280 e. The van der Waals surface area contributed by atoms with Gasteiger partial charge < -0.3 is 0 Å². The number of aryl methyl sites for hydroxylation is 1. The average Bonchev–Trinajstić information content (AvgIpc) is 4.12. The molecule has 0 spiro atoms. The van der Waals surface area contributed by atoms with Crippen molar-refractivity contribution in [1.29, 1.82) is 0 Å². The highest BCUT2D eigenvalue weighted by Gasteiger charge is 2.34. The van der Waals surface area contributed by atoms with Crippen molar-refractivity contribution in [1.82, 2.24) is 0 Å². The molecule has 13 aromatic rings. The zero-order valence-corrected chi connectivity index (χ0v) is 43.3. The van der Waals surface area contributed by atoms with Crippen LogP contribution in [0.3, 0.4) is 0 Å². The van der Waals surface area contributed by atoms with Crippen LogP contribution in [-0.4, -0.2) is 5.71 Å². The van der Waals surface area contributed by atoms with Gasteiger partial charge in [0.25, 0.3) is 0 Å². The van der Waals surface area contributed by atoms with Gasteiger partial charge in [-0.2, -0.15) is 0 Å². The van der Waals surface area contributed by atoms with Gasteiger partial charge in [0.1, 0.15) is 0 Å². The largest absolute Gasteiger partial charge is 0.280 e. The van der Waals surface area contributed by atoms with Gasteiger partial charge in [-0.05, 0) is 134 Å². The SMILES string of the molecule is CCC1/C(c2cccc3sc4ccccc4c23)=C/CC(C)C(c2cc(C3CCc4cc5ccccc5cc4-c4ccccc43)cc3sc4c5ccccc5ccc4c23)=NC1c1cccc2sc3ccccc3c12. The predicted octanol–water partition coefficient (Wildman–Crippen LogP) is 20.5. The fraction of sp³-hybridized carbons (Fsp3) is 0.145. The van der Waals surface area contributed by atoms with Crippen LogP contribution < -0.4 is 0 Å². The Labute approximate surface area is 437 Å². The van der Waals surface area contributed by atoms with Gasteiger partial charge in [0.2, 0.25) is 0 Å². The van der Waals surface area contributed by atoms with Crippen molar-refractivity contribution in [2.75, 3.05) is 0 Å². The summed E-state index contributed by atoms with van der Waals surface area (Å²) in [5, 5.41) is 13.3. The van der Waals surface area contributed by atoms with Crippen molar-refractivity contribution in [3.63, 3.8) is 0 Å². The summed E-state index contributed by atoms with van der Waals surface area (Å²) in [6.07, 6.45) is 6.55. The van der Waals surface area contributed by atoms with Crippen molar-refractivity contribution >= 4 is 127 Å². The standard InChI is InChI=1S/C69H51NS3/c1-3-46-51(52-24-14-28-61-64(52)53-22-10-12-26-59(53)71-61)33-30-40(2)67(70-68(46)55-25-15-29-62-65(55)54-23-11-13-27-60(54)72-62)58-38-45(39-63-66(58)56-35-31-41-16-6-7-19-48(41)69(56)73-63)47-34-32-44-36-42-17-4-5-18-43(42)37-57(44)50-21-9-8-20-49(47)50/h4-29,31,33,35-40,46-47,68H,3,30,32,34H2,1-2H3/b51-33-,70-67?. The normalized spacial score (nSPS) is 19.0. The van der Waals surface area contributed by atoms with Gasteiger partial charge in [-0.3, -0.25) is 4.99 Å². The molecule has 4 heteroatoms. The second-order valence-electron chi connectivity index (χ2n) is 20.6. The van der Waals surface area contributed by atoms with Crippen LogP contribution in [-0.2, 0) is 6.42 Å². The Hall–Kier alpha value is -7.21. The van der Waals surface area contributed by atoms with Gasteiger partial charge in [0, 0.05) is 89.5 Å². The third kappa shape index (κ3) is 6.87. The molecule has 4 atom stereocenters. The molecule has 3 aromatic heterocycles. The van der Waals surface area contributed by atoms with E-state index in [1.165, 1.54) is 138 Å². The first-order valence-electron chi connectivity index (χ1n) is 26.1. The lowest BCUT2D eigenvalue weighted by Crippen LogP contribution is -2.22. The summed E-state index contributed by atoms with van der Waals surface area (Å²) in [6, 6.07) is 74.0. The first-order valence-corrected chi connectivity index (χ1v) is 28.6. The van der Waals surface area contributed by atoms with Crippen LogP contribution in [0.15, 0.2) is 205 Å². The molecule has 0 radical (unpaired) electrons. The van der Waals surface area contributed by atoms with E-state index in [-0.39, 0.29) is 23.8 Å². The van der Waals surface area contributed by atoms with Gasteiger partial charge in [-0.25, -0.2) is 0 Å². The molecule has 4 heterocycles. The van der Waals surface area contributed by atoms with Crippen molar-refractivity contribution in [2.24, 2.45) is 16.8 Å². The fourth-order valence-corrected chi connectivity index (χ4v) is 16.8. The summed E-state index contributed by atoms with van der Waals surface area (Å²) in [5.74, 6) is 0.471. The van der Waals surface area contributed by atoms with E-state index in [1.54, 1.807) is 0 Å². The summed E-state index contributed by atoms with van der Waals surface area (Å²) >= 11 is 5.80. The van der Waals surface area contributed by atoms with Crippen LogP contribution in [0.4, 0.5) is 0 Å². The number of hydrogen-bond donors (Lipinski definition) is 0. The molecule has 0 N–H and O–H groups in total. The molecule has 2 aliphatic rings. The Kier molecular flexibility index (Phi) is 10.2. The van der Waals surface area contributed by atoms with Crippen molar-refractivity contribution < 1.29 is 0 Å². The van der Waals surface area contributed by atoms with Gasteiger partial charge in [0.05, 0.1) is 6.04 Å². The van der Waals surface area contributed by atoms with E-state index in [1.807, 2.05) is 34.0 Å². The molecule has 4 unspecified atom stereocenters. The molecule has 1 aliphatic heterocycles. The third-order valence-corrected chi connectivity index (χ3v) is 20.0. The van der Waals surface area contributed by atoms with Crippen LogP contribution in [0.1, 0.15) is 78.5 Å². The third-order valence-electron chi connectivity index (χ3n) is 16.6. The zero-order valence-electron chi connectivity index (χ0n) is 40.9. The summed E-state index contributed by atoms with van der Waals surface area (Å²) in [4.78, 5) is 6.45. The van der Waals surface area contributed by atoms with Gasteiger partial charge in [0.15, 0.2) is 0 Å². The minimum absolute atomic E-state index is 0.126. The highest BCUT2D eigenvalue weighted by molar-refractivity contribution is 7.27. The maximum Gasteiger partial charge on any atom is 0.0827 e. The molecule has 15 rings (SSSR count). The number of hydrogen-bond acceptors (Lipinski definition) is 4. The molecule has 0 bridgehead atoms. The molecule has 1 aliphatic carbocycles. The number of thiophene rings is 3. The lowest BCUT2D eigenvalue weighted by atomic mass is 9.77. The van der Waals surface area contributed by atoms with Crippen LogP contribution >= 0.6 is 34.0 Å². The molecule has 350 valence electrons. The summed E-state index contributed by atoms with van der Waals surface area (Å²) in [6.45, 7) is 4.87. The first kappa shape index (κ1) is 43.4. The molecule has 0 saturated carbocycles. The smallest absolute Gasteiger partial charge is 0.0827 e. The Morgan fingerprint density at radius 3 is 1.92 bits per heavy atom. The van der Waals surface area contributed by atoms with Crippen LogP contribution in [0.5, 0.6) is 0 Å². The van der Waals surface area contributed by atoms with E-state index in [0.717, 1.165) is 25.7 Å². The Morgan fingerprint density at radius 2 is 1.11 bits per heavy atom. The fourth-order valence-electron chi connectivity index (χ4n) is 13.2. The molecular weight excluding hydrogens is 939 g/mol. The predicted molar refractivity (Wildman–Crippen MR) is 320 cm³/mol. The molecule has 1 nitrogen and oxygen atoms in total. The lowest BCUT2D eigenvalue weighted by Gasteiger charge is -2.32. The monoisotopic (exact) mass is 989 g/mol. The van der Waals surface area contributed by atoms with E-state index >= 15 is 0 Å². The lowest BCUT2D eigenvalue weighted by molar-refractivity contribution is 0.517.